The van der Waals surface area contributed by atoms with Crippen molar-refractivity contribution in [2.75, 3.05) is 0 Å². The molecule has 0 amide bonds. The molecule has 0 fully saturated rings. The van der Waals surface area contributed by atoms with Crippen LogP contribution < -0.4 is 0 Å². The molecule has 2 heteroatoms. The van der Waals surface area contributed by atoms with Crippen LogP contribution in [0.4, 0.5) is 0 Å². The molecule has 1 aromatic heterocycles. The van der Waals surface area contributed by atoms with E-state index in [-0.39, 0.29) is 1.43 Å². The van der Waals surface area contributed by atoms with Gasteiger partial charge in [0.25, 0.3) is 0 Å². The van der Waals surface area contributed by atoms with Crippen molar-refractivity contribution in [3.63, 3.8) is 0 Å². The van der Waals surface area contributed by atoms with Crippen molar-refractivity contribution in [1.29, 1.82) is 5.26 Å². The predicted molar refractivity (Wildman–Crippen MR) is 79.1 cm³/mol. The van der Waals surface area contributed by atoms with Gasteiger partial charge >= 0.3 is 1.43 Å². The molecule has 3 aromatic carbocycles. The van der Waals surface area contributed by atoms with Gasteiger partial charge in [-0.1, -0.05) is 30.3 Å². The standard InChI is InChI=1S/C17H10N2/c18-10-11-5-6-14-15-8-12-3-1-2-4-13(12)9-17(15)19-16(14)7-11/h1-9,19H/p+1. The zero-order chi connectivity index (χ0) is 12.8. The third-order valence-corrected chi connectivity index (χ3v) is 3.59. The molecule has 4 rings (SSSR count). The highest BCUT2D eigenvalue weighted by Gasteiger charge is 2.06. The van der Waals surface area contributed by atoms with Crippen molar-refractivity contribution >= 4 is 32.6 Å². The molecule has 0 unspecified atom stereocenters. The maximum absolute atomic E-state index is 8.96. The van der Waals surface area contributed by atoms with Gasteiger partial charge in [-0.2, -0.15) is 5.26 Å². The fourth-order valence-electron chi connectivity index (χ4n) is 2.66. The average molecular weight is 243 g/mol. The lowest BCUT2D eigenvalue weighted by atomic mass is 10.1. The van der Waals surface area contributed by atoms with Gasteiger partial charge in [0.2, 0.25) is 0 Å². The van der Waals surface area contributed by atoms with Crippen molar-refractivity contribution in [2.45, 2.75) is 0 Å². The van der Waals surface area contributed by atoms with Crippen LogP contribution in [0.2, 0.25) is 0 Å². The van der Waals surface area contributed by atoms with Crippen LogP contribution in [0.5, 0.6) is 0 Å². The fourth-order valence-corrected chi connectivity index (χ4v) is 2.66. The number of H-pyrrole nitrogens is 1. The smallest absolute Gasteiger partial charge is 0.354 e. The molecule has 0 aliphatic rings. The van der Waals surface area contributed by atoms with Gasteiger partial charge in [0.1, 0.15) is 0 Å². The second-order valence-corrected chi connectivity index (χ2v) is 4.74. The van der Waals surface area contributed by atoms with E-state index >= 15 is 0 Å². The molecule has 19 heavy (non-hydrogen) atoms. The third-order valence-electron chi connectivity index (χ3n) is 3.59. The predicted octanol–water partition coefficient (Wildman–Crippen LogP) is 4.46. The Bertz CT molecular complexity index is 977. The number of fused-ring (bicyclic) bond motifs is 4. The quantitative estimate of drug-likeness (QED) is 0.486. The highest BCUT2D eigenvalue weighted by atomic mass is 14.7. The molecule has 1 heterocycles. The minimum atomic E-state index is 0. The molecule has 0 spiro atoms. The first-order chi connectivity index (χ1) is 9.35. The van der Waals surface area contributed by atoms with Crippen LogP contribution in [0.25, 0.3) is 32.6 Å². The maximum Gasteiger partial charge on any atom is 1.00 e. The minimum absolute atomic E-state index is 0. The lowest BCUT2D eigenvalue weighted by Gasteiger charge is -1.97. The number of rotatable bonds is 0. The van der Waals surface area contributed by atoms with Crippen LogP contribution >= 0.6 is 0 Å². The van der Waals surface area contributed by atoms with Gasteiger partial charge in [0, 0.05) is 21.8 Å². The normalized spacial score (nSPS) is 11.1. The molecule has 0 atom stereocenters. The van der Waals surface area contributed by atoms with Gasteiger partial charge in [0.05, 0.1) is 11.6 Å². The molecule has 4 aromatic rings. The first kappa shape index (κ1) is 10.2. The zero-order valence-corrected chi connectivity index (χ0v) is 10.1. The Balaban J connectivity index is 0.00000121. The van der Waals surface area contributed by atoms with E-state index in [2.05, 4.69) is 41.4 Å². The Hall–Kier alpha value is -2.79. The third kappa shape index (κ3) is 1.42. The largest absolute Gasteiger partial charge is 1.00 e. The van der Waals surface area contributed by atoms with Crippen LogP contribution in [-0.4, -0.2) is 4.98 Å². The Morgan fingerprint density at radius 2 is 1.58 bits per heavy atom. The Morgan fingerprint density at radius 1 is 0.842 bits per heavy atom. The number of nitriles is 1. The molecular formula is C17H11N2+. The monoisotopic (exact) mass is 243 g/mol. The van der Waals surface area contributed by atoms with Gasteiger partial charge in [-0.3, -0.25) is 0 Å². The van der Waals surface area contributed by atoms with E-state index in [1.807, 2.05) is 24.3 Å². The van der Waals surface area contributed by atoms with Crippen LogP contribution in [-0.2, 0) is 0 Å². The second-order valence-electron chi connectivity index (χ2n) is 4.74. The van der Waals surface area contributed by atoms with Gasteiger partial charge in [0.15, 0.2) is 0 Å². The first-order valence-corrected chi connectivity index (χ1v) is 6.19. The summed E-state index contributed by atoms with van der Waals surface area (Å²) in [5.41, 5.74) is 2.82. The lowest BCUT2D eigenvalue weighted by Crippen LogP contribution is -1.73. The molecule has 2 nitrogen and oxygen atoms in total. The maximum atomic E-state index is 8.96. The Labute approximate surface area is 111 Å². The van der Waals surface area contributed by atoms with E-state index in [9.17, 15) is 0 Å². The molecule has 0 saturated carbocycles. The number of benzene rings is 3. The van der Waals surface area contributed by atoms with E-state index in [1.54, 1.807) is 0 Å². The molecule has 0 radical (unpaired) electrons. The fraction of sp³-hybridized carbons (Fsp3) is 0. The molecule has 1 N–H and O–H groups in total. The van der Waals surface area contributed by atoms with Gasteiger partial charge < -0.3 is 4.98 Å². The highest BCUT2D eigenvalue weighted by Crippen LogP contribution is 2.29. The average Bonchev–Trinajstić information content (AvgIpc) is 2.81. The Kier molecular flexibility index (Phi) is 1.93. The summed E-state index contributed by atoms with van der Waals surface area (Å²) in [5, 5.41) is 13.8. The van der Waals surface area contributed by atoms with Crippen LogP contribution in [0.1, 0.15) is 6.99 Å². The molecule has 0 aliphatic heterocycles. The number of aromatic amines is 1. The minimum Gasteiger partial charge on any atom is -0.354 e. The Morgan fingerprint density at radius 3 is 2.37 bits per heavy atom. The van der Waals surface area contributed by atoms with Gasteiger partial charge in [-0.25, -0.2) is 0 Å². The van der Waals surface area contributed by atoms with Gasteiger partial charge in [-0.15, -0.1) is 0 Å². The molecule has 0 aliphatic carbocycles. The summed E-state index contributed by atoms with van der Waals surface area (Å²) in [6.07, 6.45) is 0. The summed E-state index contributed by atoms with van der Waals surface area (Å²) in [4.78, 5) is 3.39. The number of nitrogens with one attached hydrogen (secondary N) is 1. The number of hydrogen-bond acceptors (Lipinski definition) is 1. The number of nitrogens with zero attached hydrogens (tertiary/aromatic N) is 1. The number of aromatic nitrogens is 1. The van der Waals surface area contributed by atoms with Crippen molar-refractivity contribution in [3.05, 3.63) is 60.2 Å². The van der Waals surface area contributed by atoms with Crippen LogP contribution in [0.3, 0.4) is 0 Å². The first-order valence-electron chi connectivity index (χ1n) is 6.19. The summed E-state index contributed by atoms with van der Waals surface area (Å²) in [5.74, 6) is 0. The topological polar surface area (TPSA) is 39.6 Å². The molecular weight excluding hydrogens is 232 g/mol. The second kappa shape index (κ2) is 3.60. The number of hydrogen-bond donors (Lipinski definition) is 1. The van der Waals surface area contributed by atoms with Crippen molar-refractivity contribution in [3.8, 4) is 6.07 Å². The van der Waals surface area contributed by atoms with Crippen LogP contribution in [0, 0.1) is 11.3 Å². The summed E-state index contributed by atoms with van der Waals surface area (Å²) in [7, 11) is 0. The van der Waals surface area contributed by atoms with Crippen LogP contribution in [0.15, 0.2) is 54.6 Å². The van der Waals surface area contributed by atoms with E-state index < -0.39 is 0 Å². The molecule has 0 saturated heterocycles. The summed E-state index contributed by atoms with van der Waals surface area (Å²) in [6.45, 7) is 0. The molecule has 0 bridgehead atoms. The van der Waals surface area contributed by atoms with E-state index in [0.29, 0.717) is 5.56 Å². The van der Waals surface area contributed by atoms with Gasteiger partial charge in [-0.05, 0) is 35.0 Å². The van der Waals surface area contributed by atoms with Crippen molar-refractivity contribution in [2.24, 2.45) is 0 Å². The SMILES string of the molecule is N#Cc1ccc2c(c1)[nH]c1cc3ccccc3cc12.[H+]. The summed E-state index contributed by atoms with van der Waals surface area (Å²) < 4.78 is 0. The van der Waals surface area contributed by atoms with Crippen molar-refractivity contribution in [1.82, 2.24) is 4.98 Å². The summed E-state index contributed by atoms with van der Waals surface area (Å²) in [6, 6.07) is 20.7. The van der Waals surface area contributed by atoms with E-state index in [4.69, 9.17) is 5.26 Å². The van der Waals surface area contributed by atoms with E-state index in [1.165, 1.54) is 21.5 Å². The molecule has 88 valence electrons. The summed E-state index contributed by atoms with van der Waals surface area (Å²) >= 11 is 0. The van der Waals surface area contributed by atoms with E-state index in [0.717, 1.165) is 11.0 Å². The zero-order valence-electron chi connectivity index (χ0n) is 11.1. The lowest BCUT2D eigenvalue weighted by molar-refractivity contribution is 1.48. The highest BCUT2D eigenvalue weighted by molar-refractivity contribution is 6.12. The van der Waals surface area contributed by atoms with Crippen molar-refractivity contribution < 1.29 is 1.43 Å².